The summed E-state index contributed by atoms with van der Waals surface area (Å²) >= 11 is 1.58. The van der Waals surface area contributed by atoms with Gasteiger partial charge in [-0.2, -0.15) is 5.26 Å². The summed E-state index contributed by atoms with van der Waals surface area (Å²) in [5.74, 6) is 0.371. The van der Waals surface area contributed by atoms with Crippen LogP contribution in [-0.2, 0) is 9.59 Å². The second-order valence-electron chi connectivity index (χ2n) is 6.92. The summed E-state index contributed by atoms with van der Waals surface area (Å²) in [6.45, 7) is 3.33. The summed E-state index contributed by atoms with van der Waals surface area (Å²) in [6.07, 6.45) is 3.16. The first-order valence-electron chi connectivity index (χ1n) is 8.78. The number of para-hydroxylation sites is 1. The van der Waals surface area contributed by atoms with Crippen molar-refractivity contribution in [2.75, 3.05) is 18.4 Å². The number of amides is 2. The molecule has 2 fully saturated rings. The van der Waals surface area contributed by atoms with Gasteiger partial charge >= 0.3 is 0 Å². The van der Waals surface area contributed by atoms with Gasteiger partial charge in [-0.05, 0) is 30.9 Å². The molecule has 1 saturated heterocycles. The van der Waals surface area contributed by atoms with Gasteiger partial charge in [0.15, 0.2) is 0 Å². The minimum absolute atomic E-state index is 0.0902. The quantitative estimate of drug-likeness (QED) is 0.760. The number of benzene rings is 1. The molecule has 2 amide bonds. The lowest BCUT2D eigenvalue weighted by molar-refractivity contribution is -0.128. The Balaban J connectivity index is 1.61. The van der Waals surface area contributed by atoms with E-state index in [4.69, 9.17) is 5.26 Å². The van der Waals surface area contributed by atoms with Gasteiger partial charge in [-0.15, -0.1) is 11.8 Å². The van der Waals surface area contributed by atoms with Crippen LogP contribution in [0.15, 0.2) is 29.2 Å². The van der Waals surface area contributed by atoms with Crippen molar-refractivity contribution in [1.29, 1.82) is 5.26 Å². The van der Waals surface area contributed by atoms with Crippen molar-refractivity contribution in [3.05, 3.63) is 24.3 Å². The zero-order valence-electron chi connectivity index (χ0n) is 14.4. The number of hydrogen-bond donors (Lipinski definition) is 1. The Morgan fingerprint density at radius 2 is 2.20 bits per heavy atom. The third kappa shape index (κ3) is 4.76. The lowest BCUT2D eigenvalue weighted by atomic mass is 10.1. The summed E-state index contributed by atoms with van der Waals surface area (Å²) in [7, 11) is 0. The lowest BCUT2D eigenvalue weighted by Crippen LogP contribution is -2.30. The normalized spacial score (nSPS) is 21.0. The molecule has 0 unspecified atom stereocenters. The van der Waals surface area contributed by atoms with E-state index in [1.807, 2.05) is 36.1 Å². The van der Waals surface area contributed by atoms with Crippen LogP contribution in [0.3, 0.4) is 0 Å². The average Bonchev–Trinajstić information content (AvgIpc) is 3.32. The molecule has 132 valence electrons. The maximum absolute atomic E-state index is 12.6. The number of rotatable bonds is 7. The van der Waals surface area contributed by atoms with Crippen molar-refractivity contribution in [2.45, 2.75) is 42.8 Å². The summed E-state index contributed by atoms with van der Waals surface area (Å²) < 4.78 is 0. The summed E-state index contributed by atoms with van der Waals surface area (Å²) in [4.78, 5) is 27.5. The van der Waals surface area contributed by atoms with Crippen LogP contribution in [0.5, 0.6) is 0 Å². The highest BCUT2D eigenvalue weighted by Crippen LogP contribution is 2.34. The summed E-state index contributed by atoms with van der Waals surface area (Å²) in [5.41, 5.74) is 0.760. The van der Waals surface area contributed by atoms with Gasteiger partial charge in [-0.3, -0.25) is 9.59 Å². The van der Waals surface area contributed by atoms with E-state index < -0.39 is 0 Å². The Labute approximate surface area is 152 Å². The third-order valence-corrected chi connectivity index (χ3v) is 5.79. The topological polar surface area (TPSA) is 73.2 Å². The van der Waals surface area contributed by atoms with E-state index in [1.54, 1.807) is 11.8 Å². The van der Waals surface area contributed by atoms with Crippen LogP contribution in [0.1, 0.15) is 32.6 Å². The Hall–Kier alpha value is -2.00. The molecule has 1 aromatic carbocycles. The standard InChI is InChI=1S/C19H23N3O2S/c1-13(8-9-20)25-17-5-3-2-4-16(17)21-19(24)15-10-18(23)22(12-15)11-14-6-7-14/h2-5,13-15H,6-8,10-12H2,1H3,(H,21,24)/t13-,15+/m0/s1. The van der Waals surface area contributed by atoms with Crippen molar-refractivity contribution in [2.24, 2.45) is 11.8 Å². The number of nitriles is 1. The maximum Gasteiger partial charge on any atom is 0.229 e. The molecule has 1 aromatic rings. The van der Waals surface area contributed by atoms with Crippen molar-refractivity contribution in [3.63, 3.8) is 0 Å². The largest absolute Gasteiger partial charge is 0.342 e. The second kappa shape index (κ2) is 7.92. The van der Waals surface area contributed by atoms with E-state index in [1.165, 1.54) is 12.8 Å². The molecule has 1 aliphatic carbocycles. The number of carbonyl (C=O) groups is 2. The van der Waals surface area contributed by atoms with Gasteiger partial charge in [0.1, 0.15) is 0 Å². The summed E-state index contributed by atoms with van der Waals surface area (Å²) in [5, 5.41) is 12.0. The van der Waals surface area contributed by atoms with Crippen LogP contribution in [0, 0.1) is 23.2 Å². The first kappa shape index (κ1) is 17.8. The fourth-order valence-electron chi connectivity index (χ4n) is 3.03. The predicted molar refractivity (Wildman–Crippen MR) is 98.0 cm³/mol. The summed E-state index contributed by atoms with van der Waals surface area (Å²) in [6, 6.07) is 9.80. The lowest BCUT2D eigenvalue weighted by Gasteiger charge is -2.17. The Bertz CT molecular complexity index is 696. The highest BCUT2D eigenvalue weighted by molar-refractivity contribution is 8.00. The van der Waals surface area contributed by atoms with Gasteiger partial charge in [0.05, 0.1) is 17.7 Å². The fourth-order valence-corrected chi connectivity index (χ4v) is 4.03. The van der Waals surface area contributed by atoms with Crippen LogP contribution in [0.4, 0.5) is 5.69 Å². The monoisotopic (exact) mass is 357 g/mol. The van der Waals surface area contributed by atoms with E-state index in [-0.39, 0.29) is 23.0 Å². The number of likely N-dealkylation sites (tertiary alicyclic amines) is 1. The molecule has 0 spiro atoms. The van der Waals surface area contributed by atoms with Crippen molar-refractivity contribution < 1.29 is 9.59 Å². The molecule has 6 heteroatoms. The van der Waals surface area contributed by atoms with Gasteiger partial charge in [-0.1, -0.05) is 19.1 Å². The molecule has 5 nitrogen and oxygen atoms in total. The molecule has 1 aliphatic heterocycles. The Morgan fingerprint density at radius 3 is 2.92 bits per heavy atom. The van der Waals surface area contributed by atoms with Gasteiger partial charge in [-0.25, -0.2) is 0 Å². The molecule has 0 aromatic heterocycles. The molecular weight excluding hydrogens is 334 g/mol. The highest BCUT2D eigenvalue weighted by atomic mass is 32.2. The average molecular weight is 357 g/mol. The highest BCUT2D eigenvalue weighted by Gasteiger charge is 2.37. The Morgan fingerprint density at radius 1 is 1.44 bits per heavy atom. The molecule has 25 heavy (non-hydrogen) atoms. The van der Waals surface area contributed by atoms with Crippen LogP contribution in [0.2, 0.25) is 0 Å². The Kier molecular flexibility index (Phi) is 5.64. The van der Waals surface area contributed by atoms with Gasteiger partial charge in [0.25, 0.3) is 0 Å². The maximum atomic E-state index is 12.6. The number of anilines is 1. The van der Waals surface area contributed by atoms with Crippen LogP contribution in [-0.4, -0.2) is 35.1 Å². The molecule has 0 radical (unpaired) electrons. The van der Waals surface area contributed by atoms with Gasteiger partial charge in [0, 0.05) is 36.1 Å². The first-order valence-corrected chi connectivity index (χ1v) is 9.66. The van der Waals surface area contributed by atoms with E-state index in [0.29, 0.717) is 25.3 Å². The first-order chi connectivity index (χ1) is 12.1. The van der Waals surface area contributed by atoms with E-state index in [0.717, 1.165) is 17.1 Å². The third-order valence-electron chi connectivity index (χ3n) is 4.61. The minimum atomic E-state index is -0.277. The minimum Gasteiger partial charge on any atom is -0.342 e. The SMILES string of the molecule is C[C@@H](CC#N)Sc1ccccc1NC(=O)[C@@H]1CC(=O)N(CC2CC2)C1. The fraction of sp³-hybridized carbons (Fsp3) is 0.526. The number of thioether (sulfide) groups is 1. The number of nitrogens with one attached hydrogen (secondary N) is 1. The van der Waals surface area contributed by atoms with E-state index in [2.05, 4.69) is 11.4 Å². The zero-order chi connectivity index (χ0) is 17.8. The molecule has 1 N–H and O–H groups in total. The zero-order valence-corrected chi connectivity index (χ0v) is 15.2. The molecule has 3 rings (SSSR count). The van der Waals surface area contributed by atoms with E-state index >= 15 is 0 Å². The molecular formula is C19H23N3O2S. The smallest absolute Gasteiger partial charge is 0.229 e. The molecule has 2 atom stereocenters. The van der Waals surface area contributed by atoms with Crippen molar-refractivity contribution in [3.8, 4) is 6.07 Å². The molecule has 1 saturated carbocycles. The molecule has 2 aliphatic rings. The molecule has 0 bridgehead atoms. The van der Waals surface area contributed by atoms with Crippen LogP contribution >= 0.6 is 11.8 Å². The van der Waals surface area contributed by atoms with Gasteiger partial charge < -0.3 is 10.2 Å². The van der Waals surface area contributed by atoms with Crippen molar-refractivity contribution >= 4 is 29.3 Å². The number of carbonyl (C=O) groups excluding carboxylic acids is 2. The number of hydrogen-bond acceptors (Lipinski definition) is 4. The number of nitrogens with zero attached hydrogens (tertiary/aromatic N) is 2. The second-order valence-corrected chi connectivity index (χ2v) is 8.40. The van der Waals surface area contributed by atoms with Crippen molar-refractivity contribution in [1.82, 2.24) is 4.90 Å². The predicted octanol–water partition coefficient (Wildman–Crippen LogP) is 3.28. The van der Waals surface area contributed by atoms with Crippen LogP contribution in [0.25, 0.3) is 0 Å². The van der Waals surface area contributed by atoms with Crippen LogP contribution < -0.4 is 5.32 Å². The molecule has 1 heterocycles. The van der Waals surface area contributed by atoms with Gasteiger partial charge in [0.2, 0.25) is 11.8 Å². The van der Waals surface area contributed by atoms with E-state index in [9.17, 15) is 9.59 Å².